The minimum atomic E-state index is -0.525. The molecule has 3 rings (SSSR count). The molecule has 2 aliphatic rings. The largest absolute Gasteiger partial charge is 3.00 e. The van der Waals surface area contributed by atoms with Crippen molar-refractivity contribution >= 4 is 13.6 Å². The molecule has 0 bridgehead atoms. The zero-order valence-corrected chi connectivity index (χ0v) is 19.2. The Labute approximate surface area is 175 Å². The Balaban J connectivity index is 0.00000176. The van der Waals surface area contributed by atoms with E-state index in [1.165, 1.54) is 39.0 Å². The fourth-order valence-electron chi connectivity index (χ4n) is 3.63. The number of fused-ring (bicyclic) bond motifs is 1. The van der Waals surface area contributed by atoms with E-state index in [0.717, 1.165) is 0 Å². The second kappa shape index (κ2) is 8.96. The molecule has 1 atom stereocenters. The van der Waals surface area contributed by atoms with Crippen LogP contribution in [0.1, 0.15) is 38.8 Å². The summed E-state index contributed by atoms with van der Waals surface area (Å²) in [6.45, 7) is 14.0. The van der Waals surface area contributed by atoms with Crippen molar-refractivity contribution in [3.05, 3.63) is 69.3 Å². The van der Waals surface area contributed by atoms with E-state index < -0.39 is 8.41 Å². The van der Waals surface area contributed by atoms with Crippen LogP contribution in [-0.2, 0) is 21.7 Å². The van der Waals surface area contributed by atoms with Gasteiger partial charge < -0.3 is 24.8 Å². The molecule has 125 valence electrons. The zero-order valence-electron chi connectivity index (χ0n) is 15.1. The normalized spacial score (nSPS) is 18.5. The Kier molecular flexibility index (Phi) is 8.90. The average Bonchev–Trinajstić information content (AvgIpc) is 2.91. The van der Waals surface area contributed by atoms with Gasteiger partial charge in [0.1, 0.15) is 0 Å². The van der Waals surface area contributed by atoms with E-state index in [1.807, 2.05) is 0 Å². The van der Waals surface area contributed by atoms with Gasteiger partial charge in [0.05, 0.1) is 0 Å². The molecule has 0 N–H and O–H groups in total. The van der Waals surface area contributed by atoms with Gasteiger partial charge in [-0.15, -0.1) is 34.0 Å². The maximum atomic E-state index is 3.73. The summed E-state index contributed by atoms with van der Waals surface area (Å²) < 4.78 is 0. The molecule has 0 aliphatic heterocycles. The number of hydrogen-bond acceptors (Lipinski definition) is 0. The van der Waals surface area contributed by atoms with Crippen molar-refractivity contribution in [3.8, 4) is 0 Å². The Hall–Kier alpha value is -0.179. The number of benzene rings is 1. The molecule has 0 nitrogen and oxygen atoms in total. The molecule has 0 heterocycles. The summed E-state index contributed by atoms with van der Waals surface area (Å²) in [5.41, 5.74) is 10.1. The molecule has 2 aliphatic carbocycles. The van der Waals surface area contributed by atoms with Crippen LogP contribution in [0, 0.1) is 12.0 Å². The van der Waals surface area contributed by atoms with Gasteiger partial charge >= 0.3 is 21.7 Å². The Morgan fingerprint density at radius 3 is 2.04 bits per heavy atom. The molecule has 0 fully saturated rings. The van der Waals surface area contributed by atoms with Crippen molar-refractivity contribution in [3.63, 3.8) is 0 Å². The fraction of sp³-hybridized carbons (Fsp3) is 0.350. The Morgan fingerprint density at radius 1 is 0.958 bits per heavy atom. The van der Waals surface area contributed by atoms with Crippen molar-refractivity contribution < 1.29 is 46.5 Å². The van der Waals surface area contributed by atoms with Crippen molar-refractivity contribution in [2.24, 2.45) is 5.92 Å². The summed E-state index contributed by atoms with van der Waals surface area (Å²) in [4.78, 5) is 0. The summed E-state index contributed by atoms with van der Waals surface area (Å²) >= 11 is 0. The third-order valence-corrected chi connectivity index (χ3v) is 6.64. The molecule has 1 unspecified atom stereocenters. The molecule has 4 heteroatoms. The van der Waals surface area contributed by atoms with Crippen LogP contribution < -0.4 is 24.8 Å². The summed E-state index contributed by atoms with van der Waals surface area (Å²) in [7, 11) is -0.525. The van der Waals surface area contributed by atoms with Crippen molar-refractivity contribution in [1.29, 1.82) is 0 Å². The number of hydrogen-bond donors (Lipinski definition) is 0. The van der Waals surface area contributed by atoms with Gasteiger partial charge in [-0.25, -0.2) is 0 Å². The van der Waals surface area contributed by atoms with E-state index in [0.29, 0.717) is 5.92 Å². The van der Waals surface area contributed by atoms with Crippen molar-refractivity contribution in [2.75, 3.05) is 0 Å². The maximum absolute atomic E-state index is 3.73. The Morgan fingerprint density at radius 2 is 1.54 bits per heavy atom. The molecule has 0 amide bonds. The number of rotatable bonds is 1. The first-order valence-electron chi connectivity index (χ1n) is 7.73. The summed E-state index contributed by atoms with van der Waals surface area (Å²) in [5, 5.41) is 1.57. The predicted octanol–water partition coefficient (Wildman–Crippen LogP) is -1.06. The fourth-order valence-corrected chi connectivity index (χ4v) is 5.08. The SMILES string of the molecule is CC1=C(C)C(C)C(C2=[C-]c3ccccc3C2=[Si](C)C)=C1C.[Cl-].[Cl-].[Ti+3]. The van der Waals surface area contributed by atoms with Crippen molar-refractivity contribution in [2.45, 2.75) is 40.8 Å². The van der Waals surface area contributed by atoms with Gasteiger partial charge in [-0.2, -0.15) is 0 Å². The zero-order chi connectivity index (χ0) is 15.3. The third-order valence-electron chi connectivity index (χ3n) is 5.12. The maximum Gasteiger partial charge on any atom is 3.00 e. The standard InChI is InChI=1S/C20H23Si.2ClH.Ti/c1-12-13(2)15(4)19(14(12)3)18-11-16-9-7-8-10-17(16)20(18)21(5)6;;;/h7-10,14H,1-6H3;2*1H;/q-1;;;+3/p-2. The quantitative estimate of drug-likeness (QED) is 0.409. The number of allylic oxidation sites excluding steroid dienone is 5. The molecule has 1 aromatic carbocycles. The summed E-state index contributed by atoms with van der Waals surface area (Å²) in [5.74, 6) is 0.526. The van der Waals surface area contributed by atoms with Crippen LogP contribution in [0.5, 0.6) is 0 Å². The van der Waals surface area contributed by atoms with Gasteiger partial charge in [0.2, 0.25) is 0 Å². The Bertz CT molecular complexity index is 766. The third kappa shape index (κ3) is 3.66. The second-order valence-electron chi connectivity index (χ2n) is 6.49. The molecule has 0 saturated heterocycles. The van der Waals surface area contributed by atoms with E-state index in [2.05, 4.69) is 71.1 Å². The topological polar surface area (TPSA) is 0 Å². The van der Waals surface area contributed by atoms with Crippen LogP contribution in [0.25, 0.3) is 0 Å². The molecule has 0 saturated carbocycles. The van der Waals surface area contributed by atoms with Crippen LogP contribution in [-0.4, -0.2) is 13.6 Å². The molecular formula is C20H23Cl2SiTi. The molecular weight excluding hydrogens is 387 g/mol. The molecule has 24 heavy (non-hydrogen) atoms. The monoisotopic (exact) mass is 409 g/mol. The van der Waals surface area contributed by atoms with Gasteiger partial charge in [-0.3, -0.25) is 0 Å². The van der Waals surface area contributed by atoms with Crippen LogP contribution in [0.4, 0.5) is 0 Å². The van der Waals surface area contributed by atoms with Crippen LogP contribution in [0.15, 0.2) is 52.1 Å². The number of halogens is 2. The van der Waals surface area contributed by atoms with E-state index in [-0.39, 0.29) is 46.5 Å². The van der Waals surface area contributed by atoms with E-state index in [9.17, 15) is 0 Å². The first-order chi connectivity index (χ1) is 9.93. The molecule has 0 aromatic heterocycles. The van der Waals surface area contributed by atoms with Gasteiger partial charge in [0.25, 0.3) is 0 Å². The van der Waals surface area contributed by atoms with Crippen LogP contribution >= 0.6 is 0 Å². The van der Waals surface area contributed by atoms with Crippen LogP contribution in [0.2, 0.25) is 13.1 Å². The molecule has 1 aromatic rings. The first-order valence-corrected chi connectivity index (χ1v) is 10.2. The smallest absolute Gasteiger partial charge is 1.00 e. The van der Waals surface area contributed by atoms with Gasteiger partial charge in [-0.1, -0.05) is 60.5 Å². The summed E-state index contributed by atoms with van der Waals surface area (Å²) in [6, 6.07) is 8.75. The van der Waals surface area contributed by atoms with Crippen LogP contribution in [0.3, 0.4) is 0 Å². The molecule has 1 radical (unpaired) electrons. The van der Waals surface area contributed by atoms with E-state index in [4.69, 9.17) is 0 Å². The predicted molar refractivity (Wildman–Crippen MR) is 94.1 cm³/mol. The minimum Gasteiger partial charge on any atom is -1.00 e. The van der Waals surface area contributed by atoms with E-state index in [1.54, 1.807) is 5.17 Å². The van der Waals surface area contributed by atoms with Gasteiger partial charge in [0.15, 0.2) is 0 Å². The van der Waals surface area contributed by atoms with Gasteiger partial charge in [-0.05, 0) is 35.1 Å². The van der Waals surface area contributed by atoms with Gasteiger partial charge in [0, 0.05) is 0 Å². The average molecular weight is 410 g/mol. The second-order valence-corrected chi connectivity index (χ2v) is 8.99. The molecule has 0 spiro atoms. The van der Waals surface area contributed by atoms with E-state index >= 15 is 0 Å². The minimum absolute atomic E-state index is 0. The first kappa shape index (κ1) is 23.8. The van der Waals surface area contributed by atoms with Crippen molar-refractivity contribution in [1.82, 2.24) is 0 Å². The summed E-state index contributed by atoms with van der Waals surface area (Å²) in [6.07, 6.45) is 3.73.